The second-order valence-corrected chi connectivity index (χ2v) is 8.49. The Kier molecular flexibility index (Phi) is 5.68. The van der Waals surface area contributed by atoms with Crippen molar-refractivity contribution in [3.63, 3.8) is 0 Å². The first-order chi connectivity index (χ1) is 17.0. The number of carbonyl (C=O) groups is 2. The van der Waals surface area contributed by atoms with Crippen molar-refractivity contribution in [1.29, 1.82) is 0 Å². The van der Waals surface area contributed by atoms with E-state index in [0.717, 1.165) is 23.3 Å². The Labute approximate surface area is 202 Å². The van der Waals surface area contributed by atoms with E-state index in [4.69, 9.17) is 9.47 Å². The van der Waals surface area contributed by atoms with E-state index in [1.54, 1.807) is 25.2 Å². The van der Waals surface area contributed by atoms with Crippen molar-refractivity contribution in [3.8, 4) is 22.8 Å². The van der Waals surface area contributed by atoms with Gasteiger partial charge in [0.15, 0.2) is 0 Å². The van der Waals surface area contributed by atoms with E-state index in [-0.39, 0.29) is 22.4 Å². The molecule has 5 rings (SSSR count). The van der Waals surface area contributed by atoms with Crippen molar-refractivity contribution in [2.24, 2.45) is 7.05 Å². The standard InChI is InChI=1S/C26H26N4O5/c1-28-24(31)20(22(27-28)16-9-5-4-6-10-16)21-23(29-13-7-8-14-29)26(33)30(25(21)32)18-12-11-17(34-2)15-19(18)35-3/h4-6,9-12,15,27H,7-8,13-14H2,1-3H3. The highest BCUT2D eigenvalue weighted by atomic mass is 16.5. The summed E-state index contributed by atoms with van der Waals surface area (Å²) in [4.78, 5) is 44.3. The maximum absolute atomic E-state index is 14.0. The number of imide groups is 1. The Balaban J connectivity index is 1.73. The lowest BCUT2D eigenvalue weighted by molar-refractivity contribution is -0.120. The predicted molar refractivity (Wildman–Crippen MR) is 131 cm³/mol. The fourth-order valence-corrected chi connectivity index (χ4v) is 4.76. The maximum Gasteiger partial charge on any atom is 0.282 e. The number of nitrogens with one attached hydrogen (secondary N) is 1. The molecule has 1 fully saturated rings. The summed E-state index contributed by atoms with van der Waals surface area (Å²) in [5, 5.41) is 3.07. The van der Waals surface area contributed by atoms with Gasteiger partial charge < -0.3 is 14.4 Å². The monoisotopic (exact) mass is 474 g/mol. The number of aryl methyl sites for hydroxylation is 1. The average Bonchev–Trinajstić information content (AvgIpc) is 3.57. The largest absolute Gasteiger partial charge is 0.497 e. The van der Waals surface area contributed by atoms with Crippen molar-refractivity contribution < 1.29 is 19.1 Å². The summed E-state index contributed by atoms with van der Waals surface area (Å²) in [6, 6.07) is 14.2. The fourth-order valence-electron chi connectivity index (χ4n) is 4.76. The van der Waals surface area contributed by atoms with Crippen molar-refractivity contribution in [2.45, 2.75) is 12.8 Å². The van der Waals surface area contributed by atoms with E-state index in [0.29, 0.717) is 36.0 Å². The molecule has 2 aliphatic rings. The van der Waals surface area contributed by atoms with Gasteiger partial charge in [0.25, 0.3) is 17.4 Å². The number of aromatic amines is 1. The van der Waals surface area contributed by atoms with Crippen LogP contribution in [-0.4, -0.2) is 53.8 Å². The number of benzene rings is 2. The first kappa shape index (κ1) is 22.5. The molecule has 0 unspecified atom stereocenters. The molecule has 180 valence electrons. The summed E-state index contributed by atoms with van der Waals surface area (Å²) < 4.78 is 12.1. The zero-order chi connectivity index (χ0) is 24.7. The Morgan fingerprint density at radius 3 is 2.26 bits per heavy atom. The molecule has 9 heteroatoms. The summed E-state index contributed by atoms with van der Waals surface area (Å²) >= 11 is 0. The molecular formula is C26H26N4O5. The molecule has 0 atom stereocenters. The number of amides is 2. The lowest BCUT2D eigenvalue weighted by atomic mass is 10.00. The average molecular weight is 475 g/mol. The molecule has 3 heterocycles. The van der Waals surface area contributed by atoms with Gasteiger partial charge in [-0.3, -0.25) is 24.2 Å². The van der Waals surface area contributed by atoms with Crippen LogP contribution in [0.1, 0.15) is 18.4 Å². The highest BCUT2D eigenvalue weighted by molar-refractivity contribution is 6.46. The minimum absolute atomic E-state index is 0.107. The van der Waals surface area contributed by atoms with E-state index in [1.807, 2.05) is 35.2 Å². The van der Waals surface area contributed by atoms with Crippen LogP contribution in [0.4, 0.5) is 5.69 Å². The number of methoxy groups -OCH3 is 2. The van der Waals surface area contributed by atoms with Crippen molar-refractivity contribution in [3.05, 3.63) is 70.1 Å². The minimum atomic E-state index is -0.561. The minimum Gasteiger partial charge on any atom is -0.497 e. The summed E-state index contributed by atoms with van der Waals surface area (Å²) in [5.74, 6) is -0.186. The Bertz CT molecular complexity index is 1400. The number of hydrogen-bond acceptors (Lipinski definition) is 6. The molecule has 0 bridgehead atoms. The SMILES string of the molecule is COc1ccc(N2C(=O)C(c3c(-c4ccccc4)[nH]n(C)c3=O)=C(N3CCCC3)C2=O)c(OC)c1. The number of aromatic nitrogens is 2. The van der Waals surface area contributed by atoms with Crippen LogP contribution in [0.25, 0.3) is 16.8 Å². The Morgan fingerprint density at radius 1 is 0.886 bits per heavy atom. The highest BCUT2D eigenvalue weighted by Gasteiger charge is 2.46. The van der Waals surface area contributed by atoms with Gasteiger partial charge in [0, 0.05) is 31.8 Å². The van der Waals surface area contributed by atoms with Crippen LogP contribution in [0, 0.1) is 0 Å². The highest BCUT2D eigenvalue weighted by Crippen LogP contribution is 2.41. The summed E-state index contributed by atoms with van der Waals surface area (Å²) in [6.45, 7) is 1.27. The molecular weight excluding hydrogens is 448 g/mol. The third-order valence-electron chi connectivity index (χ3n) is 6.47. The topological polar surface area (TPSA) is 96.9 Å². The number of rotatable bonds is 6. The number of likely N-dealkylation sites (tertiary alicyclic amines) is 1. The lowest BCUT2D eigenvalue weighted by Crippen LogP contribution is -2.34. The molecule has 2 aliphatic heterocycles. The van der Waals surface area contributed by atoms with Gasteiger partial charge in [0.2, 0.25) is 0 Å². The molecule has 1 saturated heterocycles. The van der Waals surface area contributed by atoms with Gasteiger partial charge in [-0.2, -0.15) is 0 Å². The second kappa shape index (κ2) is 8.83. The molecule has 0 radical (unpaired) electrons. The molecule has 0 aliphatic carbocycles. The van der Waals surface area contributed by atoms with Crippen LogP contribution in [0.3, 0.4) is 0 Å². The number of H-pyrrole nitrogens is 1. The van der Waals surface area contributed by atoms with Crippen LogP contribution in [0.5, 0.6) is 11.5 Å². The zero-order valence-electron chi connectivity index (χ0n) is 19.8. The molecule has 2 aromatic carbocycles. The van der Waals surface area contributed by atoms with Gasteiger partial charge in [0.1, 0.15) is 17.2 Å². The molecule has 2 amide bonds. The van der Waals surface area contributed by atoms with E-state index < -0.39 is 11.8 Å². The molecule has 1 aromatic heterocycles. The van der Waals surface area contributed by atoms with Crippen LogP contribution < -0.4 is 19.9 Å². The fraction of sp³-hybridized carbons (Fsp3) is 0.269. The Morgan fingerprint density at radius 2 is 1.60 bits per heavy atom. The van der Waals surface area contributed by atoms with E-state index in [1.165, 1.54) is 18.9 Å². The van der Waals surface area contributed by atoms with Gasteiger partial charge in [0.05, 0.1) is 36.7 Å². The third kappa shape index (κ3) is 3.60. The molecule has 0 spiro atoms. The third-order valence-corrected chi connectivity index (χ3v) is 6.47. The van der Waals surface area contributed by atoms with Crippen LogP contribution in [0.2, 0.25) is 0 Å². The van der Waals surface area contributed by atoms with Gasteiger partial charge in [-0.05, 0) is 25.0 Å². The number of nitrogens with zero attached hydrogens (tertiary/aromatic N) is 3. The lowest BCUT2D eigenvalue weighted by Gasteiger charge is -2.21. The van der Waals surface area contributed by atoms with E-state index in [9.17, 15) is 14.4 Å². The zero-order valence-corrected chi connectivity index (χ0v) is 19.8. The van der Waals surface area contributed by atoms with E-state index >= 15 is 0 Å². The van der Waals surface area contributed by atoms with Gasteiger partial charge >= 0.3 is 0 Å². The molecule has 1 N–H and O–H groups in total. The number of anilines is 1. The number of hydrogen-bond donors (Lipinski definition) is 1. The first-order valence-electron chi connectivity index (χ1n) is 11.4. The van der Waals surface area contributed by atoms with Crippen molar-refractivity contribution in [1.82, 2.24) is 14.7 Å². The van der Waals surface area contributed by atoms with Crippen LogP contribution >= 0.6 is 0 Å². The molecule has 3 aromatic rings. The second-order valence-electron chi connectivity index (χ2n) is 8.49. The summed E-state index contributed by atoms with van der Waals surface area (Å²) in [7, 11) is 4.59. The smallest absolute Gasteiger partial charge is 0.282 e. The molecule has 0 saturated carbocycles. The predicted octanol–water partition coefficient (Wildman–Crippen LogP) is 2.78. The number of carbonyl (C=O) groups excluding carboxylic acids is 2. The van der Waals surface area contributed by atoms with Gasteiger partial charge in [-0.25, -0.2) is 4.90 Å². The Hall–Kier alpha value is -4.27. The normalized spacial score (nSPS) is 16.0. The summed E-state index contributed by atoms with van der Waals surface area (Å²) in [5.41, 5.74) is 1.70. The summed E-state index contributed by atoms with van der Waals surface area (Å²) in [6.07, 6.45) is 1.81. The van der Waals surface area contributed by atoms with Crippen molar-refractivity contribution in [2.75, 3.05) is 32.2 Å². The van der Waals surface area contributed by atoms with Crippen molar-refractivity contribution >= 4 is 23.1 Å². The first-order valence-corrected chi connectivity index (χ1v) is 11.4. The maximum atomic E-state index is 14.0. The molecule has 35 heavy (non-hydrogen) atoms. The van der Waals surface area contributed by atoms with Crippen LogP contribution in [-0.2, 0) is 16.6 Å². The molecule has 9 nitrogen and oxygen atoms in total. The van der Waals surface area contributed by atoms with E-state index in [2.05, 4.69) is 5.10 Å². The van der Waals surface area contributed by atoms with Crippen LogP contribution in [0.15, 0.2) is 59.0 Å². The van der Waals surface area contributed by atoms with Gasteiger partial charge in [-0.15, -0.1) is 0 Å². The quantitative estimate of drug-likeness (QED) is 0.552. The number of ether oxygens (including phenoxy) is 2. The van der Waals surface area contributed by atoms with Gasteiger partial charge in [-0.1, -0.05) is 30.3 Å².